The van der Waals surface area contributed by atoms with E-state index in [1.54, 1.807) is 29.2 Å². The van der Waals surface area contributed by atoms with Gasteiger partial charge >= 0.3 is 0 Å². The van der Waals surface area contributed by atoms with Crippen molar-refractivity contribution in [2.75, 3.05) is 0 Å². The highest BCUT2D eigenvalue weighted by Gasteiger charge is 2.24. The molecule has 5 nitrogen and oxygen atoms in total. The number of pyridine rings is 1. The van der Waals surface area contributed by atoms with Crippen LogP contribution in [-0.4, -0.2) is 20.9 Å². The average Bonchev–Trinajstić information content (AvgIpc) is 2.80. The molecule has 1 aliphatic heterocycles. The van der Waals surface area contributed by atoms with Crippen LogP contribution in [0.1, 0.15) is 21.6 Å². The van der Waals surface area contributed by atoms with E-state index in [0.717, 1.165) is 11.1 Å². The molecule has 0 fully saturated rings. The van der Waals surface area contributed by atoms with Crippen LogP contribution >= 0.6 is 0 Å². The fourth-order valence-electron chi connectivity index (χ4n) is 2.27. The Bertz CT molecular complexity index is 706. The molecule has 0 saturated carbocycles. The fourth-order valence-corrected chi connectivity index (χ4v) is 2.27. The molecule has 1 aromatic carbocycles. The molecule has 0 radical (unpaired) electrons. The summed E-state index contributed by atoms with van der Waals surface area (Å²) in [4.78, 5) is 27.6. The molecule has 0 bridgehead atoms. The first-order chi connectivity index (χ1) is 9.13. The predicted molar refractivity (Wildman–Crippen MR) is 68.7 cm³/mol. The van der Waals surface area contributed by atoms with Gasteiger partial charge in [0.15, 0.2) is 0 Å². The van der Waals surface area contributed by atoms with E-state index in [1.165, 1.54) is 6.07 Å². The van der Waals surface area contributed by atoms with Crippen LogP contribution in [0.15, 0.2) is 41.2 Å². The number of carbonyl (C=O) groups excluding carboxylic acids is 1. The van der Waals surface area contributed by atoms with E-state index in [0.29, 0.717) is 13.1 Å². The topological polar surface area (TPSA) is 73.4 Å². The number of hydrogen-bond acceptors (Lipinski definition) is 3. The third kappa shape index (κ3) is 2.10. The Kier molecular flexibility index (Phi) is 2.59. The first-order valence-electron chi connectivity index (χ1n) is 5.93. The molecule has 0 spiro atoms. The van der Waals surface area contributed by atoms with Crippen molar-refractivity contribution in [1.29, 1.82) is 0 Å². The van der Waals surface area contributed by atoms with E-state index >= 15 is 0 Å². The van der Waals surface area contributed by atoms with Gasteiger partial charge in [0.25, 0.3) is 5.91 Å². The summed E-state index contributed by atoms with van der Waals surface area (Å²) in [6.45, 7) is 0.935. The molecule has 1 aliphatic rings. The number of H-pyrrole nitrogens is 1. The molecule has 0 atom stereocenters. The van der Waals surface area contributed by atoms with Gasteiger partial charge in [-0.2, -0.15) is 0 Å². The highest BCUT2D eigenvalue weighted by molar-refractivity contribution is 5.92. The second kappa shape index (κ2) is 4.28. The third-order valence-corrected chi connectivity index (χ3v) is 3.20. The van der Waals surface area contributed by atoms with Crippen LogP contribution in [0.3, 0.4) is 0 Å². The number of fused-ring (bicyclic) bond motifs is 1. The lowest BCUT2D eigenvalue weighted by Gasteiger charge is -2.14. The number of benzene rings is 1. The summed E-state index contributed by atoms with van der Waals surface area (Å²) in [7, 11) is 0. The lowest BCUT2D eigenvalue weighted by molar-refractivity contribution is 0.0745. The van der Waals surface area contributed by atoms with E-state index in [1.807, 2.05) is 6.07 Å². The fraction of sp³-hybridized carbons (Fsp3) is 0.143. The maximum atomic E-state index is 12.2. The zero-order valence-corrected chi connectivity index (χ0v) is 10.1. The van der Waals surface area contributed by atoms with Crippen LogP contribution in [0.5, 0.6) is 5.75 Å². The molecule has 96 valence electrons. The standard InChI is InChI=1S/C14H12N2O3/c17-11-5-4-9-7-16(8-10(9)6-11)14(19)12-2-1-3-13(18)15-12/h1-6,17H,7-8H2,(H,15,18). The van der Waals surface area contributed by atoms with Crippen molar-refractivity contribution in [3.8, 4) is 5.75 Å². The Labute approximate surface area is 109 Å². The highest BCUT2D eigenvalue weighted by Crippen LogP contribution is 2.26. The summed E-state index contributed by atoms with van der Waals surface area (Å²) in [6.07, 6.45) is 0. The number of rotatable bonds is 1. The smallest absolute Gasteiger partial charge is 0.270 e. The maximum absolute atomic E-state index is 12.2. The molecule has 1 aromatic heterocycles. The van der Waals surface area contributed by atoms with Crippen molar-refractivity contribution in [3.05, 3.63) is 63.6 Å². The van der Waals surface area contributed by atoms with Gasteiger partial charge in [-0.3, -0.25) is 9.59 Å². The quantitative estimate of drug-likeness (QED) is 0.806. The second-order valence-corrected chi connectivity index (χ2v) is 4.54. The molecule has 1 amide bonds. The van der Waals surface area contributed by atoms with Crippen LogP contribution in [0.25, 0.3) is 0 Å². The minimum Gasteiger partial charge on any atom is -0.508 e. The lowest BCUT2D eigenvalue weighted by Crippen LogP contribution is -2.27. The van der Waals surface area contributed by atoms with E-state index in [2.05, 4.69) is 4.98 Å². The summed E-state index contributed by atoms with van der Waals surface area (Å²) in [5.74, 6) is -0.0189. The van der Waals surface area contributed by atoms with E-state index in [9.17, 15) is 14.7 Å². The zero-order valence-electron chi connectivity index (χ0n) is 10.1. The monoisotopic (exact) mass is 256 g/mol. The summed E-state index contributed by atoms with van der Waals surface area (Å²) < 4.78 is 0. The summed E-state index contributed by atoms with van der Waals surface area (Å²) in [5.41, 5.74) is 1.95. The van der Waals surface area contributed by atoms with Gasteiger partial charge in [0.1, 0.15) is 11.4 Å². The number of aromatic hydroxyl groups is 1. The van der Waals surface area contributed by atoms with Crippen LogP contribution in [0.4, 0.5) is 0 Å². The average molecular weight is 256 g/mol. The largest absolute Gasteiger partial charge is 0.508 e. The lowest BCUT2D eigenvalue weighted by atomic mass is 10.1. The number of phenolic OH excluding ortho intramolecular Hbond substituents is 1. The van der Waals surface area contributed by atoms with Gasteiger partial charge in [-0.05, 0) is 29.3 Å². The zero-order chi connectivity index (χ0) is 13.4. The highest BCUT2D eigenvalue weighted by atomic mass is 16.3. The minimum atomic E-state index is -0.291. The Morgan fingerprint density at radius 1 is 1.16 bits per heavy atom. The number of nitrogens with zero attached hydrogens (tertiary/aromatic N) is 1. The SMILES string of the molecule is O=C(c1cccc(=O)[nH]1)N1Cc2ccc(O)cc2C1. The van der Waals surface area contributed by atoms with E-state index in [4.69, 9.17) is 0 Å². The number of hydrogen-bond donors (Lipinski definition) is 2. The summed E-state index contributed by atoms with van der Waals surface area (Å²) in [5, 5.41) is 9.42. The van der Waals surface area contributed by atoms with Gasteiger partial charge in [-0.25, -0.2) is 0 Å². The first-order valence-corrected chi connectivity index (χ1v) is 5.93. The van der Waals surface area contributed by atoms with E-state index in [-0.39, 0.29) is 22.9 Å². The molecule has 0 unspecified atom stereocenters. The van der Waals surface area contributed by atoms with Gasteiger partial charge in [0.05, 0.1) is 0 Å². The Hall–Kier alpha value is -2.56. The van der Waals surface area contributed by atoms with Crippen LogP contribution in [-0.2, 0) is 13.1 Å². The third-order valence-electron chi connectivity index (χ3n) is 3.20. The second-order valence-electron chi connectivity index (χ2n) is 4.54. The number of nitrogens with one attached hydrogen (secondary N) is 1. The van der Waals surface area contributed by atoms with Gasteiger partial charge in [-0.1, -0.05) is 12.1 Å². The van der Waals surface area contributed by atoms with Crippen molar-refractivity contribution < 1.29 is 9.90 Å². The summed E-state index contributed by atoms with van der Waals surface area (Å²) >= 11 is 0. The molecule has 2 aromatic rings. The predicted octanol–water partition coefficient (Wildman–Crippen LogP) is 1.24. The molecule has 2 heterocycles. The number of phenols is 1. The number of aromatic nitrogens is 1. The molecule has 19 heavy (non-hydrogen) atoms. The number of aromatic amines is 1. The van der Waals surface area contributed by atoms with Gasteiger partial charge in [0.2, 0.25) is 5.56 Å². The Morgan fingerprint density at radius 3 is 2.74 bits per heavy atom. The van der Waals surface area contributed by atoms with Crippen molar-refractivity contribution >= 4 is 5.91 Å². The van der Waals surface area contributed by atoms with Crippen molar-refractivity contribution in [3.63, 3.8) is 0 Å². The van der Waals surface area contributed by atoms with Crippen molar-refractivity contribution in [2.45, 2.75) is 13.1 Å². The minimum absolute atomic E-state index is 0.196. The van der Waals surface area contributed by atoms with Gasteiger partial charge in [-0.15, -0.1) is 0 Å². The van der Waals surface area contributed by atoms with Crippen LogP contribution in [0.2, 0.25) is 0 Å². The van der Waals surface area contributed by atoms with Gasteiger partial charge < -0.3 is 15.0 Å². The Morgan fingerprint density at radius 2 is 1.95 bits per heavy atom. The maximum Gasteiger partial charge on any atom is 0.270 e. The van der Waals surface area contributed by atoms with Gasteiger partial charge in [0, 0.05) is 19.2 Å². The molecular formula is C14H12N2O3. The van der Waals surface area contributed by atoms with Crippen molar-refractivity contribution in [1.82, 2.24) is 9.88 Å². The normalized spacial score (nSPS) is 13.4. The summed E-state index contributed by atoms with van der Waals surface area (Å²) in [6, 6.07) is 9.60. The molecule has 5 heteroatoms. The van der Waals surface area contributed by atoms with Crippen LogP contribution in [0, 0.1) is 0 Å². The van der Waals surface area contributed by atoms with Crippen LogP contribution < -0.4 is 5.56 Å². The van der Waals surface area contributed by atoms with E-state index < -0.39 is 0 Å². The Balaban J connectivity index is 1.87. The molecular weight excluding hydrogens is 244 g/mol. The molecule has 0 saturated heterocycles. The number of carbonyl (C=O) groups is 1. The number of amides is 1. The van der Waals surface area contributed by atoms with Crippen molar-refractivity contribution in [2.24, 2.45) is 0 Å². The molecule has 2 N–H and O–H groups in total. The molecule has 3 rings (SSSR count). The first kappa shape index (κ1) is 11.5. The molecule has 0 aliphatic carbocycles.